The number of nitrogens with zero attached hydrogens (tertiary/aromatic N) is 1. The lowest BCUT2D eigenvalue weighted by Gasteiger charge is -2.20. The van der Waals surface area contributed by atoms with Gasteiger partial charge in [0.15, 0.2) is 5.58 Å². The normalized spacial score (nSPS) is 11.6. The minimum absolute atomic E-state index is 0.108. The van der Waals surface area contributed by atoms with Crippen molar-refractivity contribution in [1.82, 2.24) is 4.98 Å². The molecule has 2 aromatic carbocycles. The van der Waals surface area contributed by atoms with Crippen LogP contribution in [0, 0.1) is 6.92 Å². The molecule has 0 spiro atoms. The van der Waals surface area contributed by atoms with Crippen molar-refractivity contribution in [2.75, 3.05) is 11.1 Å². The number of aromatic nitrogens is 1. The summed E-state index contributed by atoms with van der Waals surface area (Å²) in [5.74, 6) is 1.81. The summed E-state index contributed by atoms with van der Waals surface area (Å²) in [6.07, 6.45) is 3.49. The average molecular weight is 439 g/mol. The second-order valence-corrected chi connectivity index (χ2v) is 9.83. The molecule has 31 heavy (non-hydrogen) atoms. The van der Waals surface area contributed by atoms with E-state index in [0.717, 1.165) is 47.0 Å². The van der Waals surface area contributed by atoms with Crippen molar-refractivity contribution in [3.05, 3.63) is 53.1 Å². The number of nitrogens with one attached hydrogen (secondary N) is 1. The van der Waals surface area contributed by atoms with E-state index in [4.69, 9.17) is 4.42 Å². The van der Waals surface area contributed by atoms with E-state index in [1.165, 1.54) is 16.7 Å². The Kier molecular flexibility index (Phi) is 8.19. The predicted octanol–water partition coefficient (Wildman–Crippen LogP) is 7.67. The fraction of sp³-hybridized carbons (Fsp3) is 0.462. The van der Waals surface area contributed by atoms with Crippen LogP contribution in [0.5, 0.6) is 0 Å². The van der Waals surface area contributed by atoms with Gasteiger partial charge in [0.25, 0.3) is 5.22 Å². The van der Waals surface area contributed by atoms with E-state index in [0.29, 0.717) is 18.3 Å². The Balaban J connectivity index is 1.43. The van der Waals surface area contributed by atoms with Crippen molar-refractivity contribution in [2.45, 2.75) is 77.4 Å². The summed E-state index contributed by atoms with van der Waals surface area (Å²) in [7, 11) is 0. The lowest BCUT2D eigenvalue weighted by Crippen LogP contribution is -2.15. The maximum atomic E-state index is 12.6. The molecule has 0 aliphatic rings. The summed E-state index contributed by atoms with van der Waals surface area (Å²) in [6, 6.07) is 12.4. The molecule has 4 nitrogen and oxygen atoms in total. The van der Waals surface area contributed by atoms with E-state index in [2.05, 4.69) is 63.1 Å². The standard InChI is InChI=1S/C26H34N2O2S/c1-17(2)20-10-9-11-21(18(3)4)25(20)28-24(29)12-7-6-8-15-31-26-27-22-14-13-19(5)16-23(22)30-26/h9-11,13-14,16-18H,6-8,12,15H2,1-5H3,(H,28,29). The van der Waals surface area contributed by atoms with Crippen LogP contribution in [-0.4, -0.2) is 16.6 Å². The molecule has 5 heteroatoms. The number of aryl methyl sites for hydroxylation is 1. The fourth-order valence-electron chi connectivity index (χ4n) is 3.69. The first kappa shape index (κ1) is 23.4. The van der Waals surface area contributed by atoms with Crippen LogP contribution in [0.3, 0.4) is 0 Å². The molecule has 1 amide bonds. The van der Waals surface area contributed by atoms with Gasteiger partial charge in [-0.25, -0.2) is 4.98 Å². The lowest BCUT2D eigenvalue weighted by molar-refractivity contribution is -0.116. The quantitative estimate of drug-likeness (QED) is 0.260. The number of oxazole rings is 1. The molecule has 0 fully saturated rings. The number of benzene rings is 2. The highest BCUT2D eigenvalue weighted by Crippen LogP contribution is 2.32. The Morgan fingerprint density at radius 2 is 1.74 bits per heavy atom. The number of thioether (sulfide) groups is 1. The van der Waals surface area contributed by atoms with Crippen LogP contribution >= 0.6 is 11.8 Å². The molecule has 1 heterocycles. The first-order valence-corrected chi connectivity index (χ1v) is 12.3. The molecule has 0 unspecified atom stereocenters. The highest BCUT2D eigenvalue weighted by atomic mass is 32.2. The highest BCUT2D eigenvalue weighted by Gasteiger charge is 2.15. The third kappa shape index (κ3) is 6.36. The predicted molar refractivity (Wildman–Crippen MR) is 131 cm³/mol. The van der Waals surface area contributed by atoms with Gasteiger partial charge in [-0.15, -0.1) is 0 Å². The summed E-state index contributed by atoms with van der Waals surface area (Å²) < 4.78 is 5.81. The summed E-state index contributed by atoms with van der Waals surface area (Å²) in [6.45, 7) is 10.7. The van der Waals surface area contributed by atoms with Crippen molar-refractivity contribution in [2.24, 2.45) is 0 Å². The van der Waals surface area contributed by atoms with Crippen LogP contribution in [0.15, 0.2) is 46.0 Å². The zero-order valence-corrected chi connectivity index (χ0v) is 20.1. The van der Waals surface area contributed by atoms with Crippen molar-refractivity contribution in [1.29, 1.82) is 0 Å². The van der Waals surface area contributed by atoms with Gasteiger partial charge >= 0.3 is 0 Å². The molecular weight excluding hydrogens is 404 g/mol. The van der Waals surface area contributed by atoms with E-state index in [-0.39, 0.29) is 5.91 Å². The van der Waals surface area contributed by atoms with Gasteiger partial charge in [0.05, 0.1) is 0 Å². The first-order chi connectivity index (χ1) is 14.8. The molecule has 0 aliphatic carbocycles. The molecule has 1 aromatic heterocycles. The minimum Gasteiger partial charge on any atom is -0.431 e. The number of rotatable bonds is 10. The fourth-order valence-corrected chi connectivity index (χ4v) is 4.53. The Morgan fingerprint density at radius 3 is 2.42 bits per heavy atom. The third-order valence-electron chi connectivity index (χ3n) is 5.44. The van der Waals surface area contributed by atoms with Gasteiger partial charge in [0.1, 0.15) is 5.52 Å². The van der Waals surface area contributed by atoms with Crippen molar-refractivity contribution in [3.63, 3.8) is 0 Å². The maximum Gasteiger partial charge on any atom is 0.256 e. The van der Waals surface area contributed by atoms with E-state index < -0.39 is 0 Å². The lowest BCUT2D eigenvalue weighted by atomic mass is 9.92. The number of carbonyl (C=O) groups excluding carboxylic acids is 1. The molecule has 1 N–H and O–H groups in total. The van der Waals surface area contributed by atoms with Gasteiger partial charge in [-0.2, -0.15) is 0 Å². The van der Waals surface area contributed by atoms with Gasteiger partial charge in [-0.1, -0.05) is 70.1 Å². The number of carbonyl (C=O) groups is 1. The summed E-state index contributed by atoms with van der Waals surface area (Å²) in [5, 5.41) is 3.94. The van der Waals surface area contributed by atoms with Crippen LogP contribution in [0.4, 0.5) is 5.69 Å². The van der Waals surface area contributed by atoms with E-state index in [9.17, 15) is 4.79 Å². The summed E-state index contributed by atoms with van der Waals surface area (Å²) in [4.78, 5) is 17.1. The third-order valence-corrected chi connectivity index (χ3v) is 6.35. The number of hydrogen-bond donors (Lipinski definition) is 1. The van der Waals surface area contributed by atoms with E-state index >= 15 is 0 Å². The highest BCUT2D eigenvalue weighted by molar-refractivity contribution is 7.99. The summed E-state index contributed by atoms with van der Waals surface area (Å²) in [5.41, 5.74) is 6.37. The van der Waals surface area contributed by atoms with Gasteiger partial charge in [-0.05, 0) is 60.4 Å². The molecule has 0 atom stereocenters. The second-order valence-electron chi connectivity index (χ2n) is 8.78. The largest absolute Gasteiger partial charge is 0.431 e. The monoisotopic (exact) mass is 438 g/mol. The molecule has 3 rings (SSSR count). The maximum absolute atomic E-state index is 12.6. The number of amides is 1. The SMILES string of the molecule is Cc1ccc2nc(SCCCCCC(=O)Nc3c(C(C)C)cccc3C(C)C)oc2c1. The van der Waals surface area contributed by atoms with Crippen molar-refractivity contribution >= 4 is 34.5 Å². The number of para-hydroxylation sites is 1. The summed E-state index contributed by atoms with van der Waals surface area (Å²) >= 11 is 1.65. The number of unbranched alkanes of at least 4 members (excludes halogenated alkanes) is 2. The molecule has 0 aliphatic heterocycles. The Hall–Kier alpha value is -2.27. The molecule has 166 valence electrons. The Labute approximate surface area is 190 Å². The minimum atomic E-state index is 0.108. The van der Waals surface area contributed by atoms with Crippen LogP contribution in [-0.2, 0) is 4.79 Å². The van der Waals surface area contributed by atoms with Crippen LogP contribution < -0.4 is 5.32 Å². The average Bonchev–Trinajstić information content (AvgIpc) is 3.12. The number of hydrogen-bond acceptors (Lipinski definition) is 4. The second kappa shape index (κ2) is 10.9. The molecule has 0 radical (unpaired) electrons. The smallest absolute Gasteiger partial charge is 0.256 e. The van der Waals surface area contributed by atoms with E-state index in [1.807, 2.05) is 18.2 Å². The number of fused-ring (bicyclic) bond motifs is 1. The van der Waals surface area contributed by atoms with Gasteiger partial charge in [0.2, 0.25) is 5.91 Å². The van der Waals surface area contributed by atoms with Gasteiger partial charge < -0.3 is 9.73 Å². The van der Waals surface area contributed by atoms with Crippen molar-refractivity contribution in [3.8, 4) is 0 Å². The molecule has 0 saturated heterocycles. The molecule has 0 bridgehead atoms. The van der Waals surface area contributed by atoms with E-state index in [1.54, 1.807) is 11.8 Å². The zero-order valence-electron chi connectivity index (χ0n) is 19.3. The van der Waals surface area contributed by atoms with Gasteiger partial charge in [0, 0.05) is 17.9 Å². The topological polar surface area (TPSA) is 55.1 Å². The van der Waals surface area contributed by atoms with Crippen LogP contribution in [0.1, 0.15) is 81.9 Å². The van der Waals surface area contributed by atoms with Crippen LogP contribution in [0.25, 0.3) is 11.1 Å². The van der Waals surface area contributed by atoms with Gasteiger partial charge in [-0.3, -0.25) is 4.79 Å². The Bertz CT molecular complexity index is 997. The molecular formula is C26H34N2O2S. The molecule has 0 saturated carbocycles. The van der Waals surface area contributed by atoms with Crippen molar-refractivity contribution < 1.29 is 9.21 Å². The zero-order chi connectivity index (χ0) is 22.4. The number of anilines is 1. The first-order valence-electron chi connectivity index (χ1n) is 11.3. The molecule has 3 aromatic rings. The Morgan fingerprint density at radius 1 is 1.03 bits per heavy atom. The van der Waals surface area contributed by atoms with Crippen LogP contribution in [0.2, 0.25) is 0 Å².